The van der Waals surface area contributed by atoms with Crippen molar-refractivity contribution in [3.05, 3.63) is 17.2 Å². The summed E-state index contributed by atoms with van der Waals surface area (Å²) in [6.07, 6.45) is 5.12. The third kappa shape index (κ3) is 3.64. The summed E-state index contributed by atoms with van der Waals surface area (Å²) in [6.45, 7) is 7.93. The fourth-order valence-corrected chi connectivity index (χ4v) is 2.18. The monoisotopic (exact) mass is 226 g/mol. The molecule has 0 bridgehead atoms. The zero-order valence-electron chi connectivity index (χ0n) is 9.47. The van der Waals surface area contributed by atoms with Crippen molar-refractivity contribution in [2.45, 2.75) is 26.9 Å². The van der Waals surface area contributed by atoms with E-state index in [9.17, 15) is 0 Å². The number of hydrogen-bond acceptors (Lipinski definition) is 4. The first kappa shape index (κ1) is 12.2. The highest BCUT2D eigenvalue weighted by atomic mass is 32.1. The van der Waals surface area contributed by atoms with Crippen LogP contribution in [0.1, 0.15) is 25.6 Å². The molecule has 3 nitrogen and oxygen atoms in total. The number of aliphatic hydroxyl groups excluding tert-OH is 1. The molecule has 1 atom stereocenters. The molecule has 15 heavy (non-hydrogen) atoms. The molecule has 0 aromatic carbocycles. The first-order valence-electron chi connectivity index (χ1n) is 5.24. The predicted molar refractivity (Wildman–Crippen MR) is 66.4 cm³/mol. The quantitative estimate of drug-likeness (QED) is 0.837. The minimum Gasteiger partial charge on any atom is -0.389 e. The Morgan fingerprint density at radius 3 is 2.73 bits per heavy atom. The number of anilines is 1. The third-order valence-corrected chi connectivity index (χ3v) is 3.11. The molecular weight excluding hydrogens is 208 g/mol. The fraction of sp³-hybridized carbons (Fsp3) is 0.545. The van der Waals surface area contributed by atoms with Gasteiger partial charge in [0.05, 0.1) is 6.10 Å². The van der Waals surface area contributed by atoms with Gasteiger partial charge in [0.15, 0.2) is 5.13 Å². The van der Waals surface area contributed by atoms with Gasteiger partial charge in [-0.1, -0.05) is 17.4 Å². The summed E-state index contributed by atoms with van der Waals surface area (Å²) in [6, 6.07) is 0. The minimum atomic E-state index is -0.399. The van der Waals surface area contributed by atoms with Crippen molar-refractivity contribution >= 4 is 22.5 Å². The number of aliphatic hydroxyl groups is 1. The van der Waals surface area contributed by atoms with Crippen LogP contribution in [-0.4, -0.2) is 29.3 Å². The van der Waals surface area contributed by atoms with E-state index < -0.39 is 6.10 Å². The molecule has 0 saturated heterocycles. The van der Waals surface area contributed by atoms with E-state index in [1.807, 2.05) is 12.3 Å². The number of hydrogen-bond donors (Lipinski definition) is 1. The van der Waals surface area contributed by atoms with Crippen molar-refractivity contribution in [3.63, 3.8) is 0 Å². The molecule has 0 fully saturated rings. The Morgan fingerprint density at radius 1 is 1.53 bits per heavy atom. The molecule has 0 aliphatic heterocycles. The van der Waals surface area contributed by atoms with Crippen LogP contribution in [0.2, 0.25) is 0 Å². The summed E-state index contributed by atoms with van der Waals surface area (Å²) in [5, 5.41) is 10.2. The fourth-order valence-electron chi connectivity index (χ4n) is 1.23. The highest BCUT2D eigenvalue weighted by molar-refractivity contribution is 7.16. The maximum absolute atomic E-state index is 9.11. The Hall–Kier alpha value is -0.870. The maximum atomic E-state index is 9.11. The molecule has 0 amide bonds. The second kappa shape index (κ2) is 5.88. The van der Waals surface area contributed by atoms with Crippen molar-refractivity contribution < 1.29 is 5.11 Å². The van der Waals surface area contributed by atoms with E-state index >= 15 is 0 Å². The van der Waals surface area contributed by atoms with Gasteiger partial charge < -0.3 is 10.0 Å². The van der Waals surface area contributed by atoms with Crippen LogP contribution >= 0.6 is 11.3 Å². The smallest absolute Gasteiger partial charge is 0.185 e. The van der Waals surface area contributed by atoms with E-state index in [2.05, 4.69) is 23.7 Å². The van der Waals surface area contributed by atoms with E-state index in [0.717, 1.165) is 23.1 Å². The molecule has 0 saturated carbocycles. The molecular formula is C11H18N2OS. The minimum absolute atomic E-state index is 0.399. The van der Waals surface area contributed by atoms with E-state index in [-0.39, 0.29) is 0 Å². The van der Waals surface area contributed by atoms with Gasteiger partial charge >= 0.3 is 0 Å². The molecule has 0 spiro atoms. The summed E-state index contributed by atoms with van der Waals surface area (Å²) in [5.74, 6) is 0. The lowest BCUT2D eigenvalue weighted by molar-refractivity contribution is 0.245. The van der Waals surface area contributed by atoms with E-state index in [4.69, 9.17) is 5.11 Å². The van der Waals surface area contributed by atoms with Crippen LogP contribution < -0.4 is 4.90 Å². The Morgan fingerprint density at radius 2 is 2.20 bits per heavy atom. The zero-order valence-corrected chi connectivity index (χ0v) is 10.3. The van der Waals surface area contributed by atoms with Gasteiger partial charge in [0.2, 0.25) is 0 Å². The van der Waals surface area contributed by atoms with Gasteiger partial charge in [-0.3, -0.25) is 0 Å². The van der Waals surface area contributed by atoms with Crippen LogP contribution in [0.5, 0.6) is 0 Å². The molecule has 0 aliphatic rings. The highest BCUT2D eigenvalue weighted by Crippen LogP contribution is 2.23. The molecule has 1 aromatic heterocycles. The van der Waals surface area contributed by atoms with Crippen LogP contribution in [0.25, 0.3) is 6.08 Å². The van der Waals surface area contributed by atoms with Gasteiger partial charge in [-0.25, -0.2) is 4.98 Å². The summed E-state index contributed by atoms with van der Waals surface area (Å²) in [7, 11) is 0. The molecule has 1 heterocycles. The van der Waals surface area contributed by atoms with Crippen LogP contribution in [0.15, 0.2) is 12.3 Å². The van der Waals surface area contributed by atoms with Gasteiger partial charge in [0.1, 0.15) is 0 Å². The molecule has 1 rings (SSSR count). The van der Waals surface area contributed by atoms with Crippen LogP contribution in [-0.2, 0) is 0 Å². The van der Waals surface area contributed by atoms with E-state index in [0.29, 0.717) is 0 Å². The van der Waals surface area contributed by atoms with Crippen molar-refractivity contribution in [1.82, 2.24) is 4.98 Å². The van der Waals surface area contributed by atoms with Gasteiger partial charge in [-0.2, -0.15) is 0 Å². The molecule has 1 aromatic rings. The lowest BCUT2D eigenvalue weighted by Gasteiger charge is -2.16. The second-order valence-corrected chi connectivity index (χ2v) is 4.36. The topological polar surface area (TPSA) is 36.4 Å². The van der Waals surface area contributed by atoms with Crippen LogP contribution in [0.3, 0.4) is 0 Å². The molecule has 0 radical (unpaired) electrons. The largest absolute Gasteiger partial charge is 0.389 e. The lowest BCUT2D eigenvalue weighted by atomic mass is 10.3. The molecule has 1 unspecified atom stereocenters. The first-order valence-corrected chi connectivity index (χ1v) is 6.06. The third-order valence-electron chi connectivity index (χ3n) is 2.08. The molecule has 4 heteroatoms. The molecule has 0 aliphatic carbocycles. The van der Waals surface area contributed by atoms with Gasteiger partial charge in [-0.05, 0) is 26.8 Å². The number of rotatable bonds is 5. The normalized spacial score (nSPS) is 13.3. The standard InChI is InChI=1S/C11H18N2OS/c1-4-13(5-2)11-12-8-10(15-11)7-6-9(3)14/h6-9,14H,4-5H2,1-3H3/b7-6+. The van der Waals surface area contributed by atoms with Crippen molar-refractivity contribution in [2.75, 3.05) is 18.0 Å². The van der Waals surface area contributed by atoms with Crippen molar-refractivity contribution in [1.29, 1.82) is 0 Å². The van der Waals surface area contributed by atoms with Crippen molar-refractivity contribution in [2.24, 2.45) is 0 Å². The highest BCUT2D eigenvalue weighted by Gasteiger charge is 2.05. The summed E-state index contributed by atoms with van der Waals surface area (Å²) >= 11 is 1.65. The summed E-state index contributed by atoms with van der Waals surface area (Å²) in [4.78, 5) is 7.64. The number of thiazole rings is 1. The van der Waals surface area contributed by atoms with Gasteiger partial charge in [-0.15, -0.1) is 0 Å². The predicted octanol–water partition coefficient (Wildman–Crippen LogP) is 2.38. The zero-order chi connectivity index (χ0) is 11.3. The Labute approximate surface area is 95.1 Å². The number of nitrogens with zero attached hydrogens (tertiary/aromatic N) is 2. The second-order valence-electron chi connectivity index (χ2n) is 3.32. The molecule has 1 N–H and O–H groups in total. The maximum Gasteiger partial charge on any atom is 0.185 e. The first-order chi connectivity index (χ1) is 7.17. The van der Waals surface area contributed by atoms with E-state index in [1.54, 1.807) is 24.3 Å². The summed E-state index contributed by atoms with van der Waals surface area (Å²) < 4.78 is 0. The molecule has 84 valence electrons. The Bertz CT molecular complexity index is 316. The average Bonchev–Trinajstić information content (AvgIpc) is 2.65. The Balaban J connectivity index is 2.71. The van der Waals surface area contributed by atoms with Gasteiger partial charge in [0, 0.05) is 24.2 Å². The summed E-state index contributed by atoms with van der Waals surface area (Å²) in [5.41, 5.74) is 0. The van der Waals surface area contributed by atoms with Crippen LogP contribution in [0, 0.1) is 0 Å². The lowest BCUT2D eigenvalue weighted by Crippen LogP contribution is -2.21. The van der Waals surface area contributed by atoms with Crippen molar-refractivity contribution in [3.8, 4) is 0 Å². The van der Waals surface area contributed by atoms with Gasteiger partial charge in [0.25, 0.3) is 0 Å². The average molecular weight is 226 g/mol. The van der Waals surface area contributed by atoms with Crippen LogP contribution in [0.4, 0.5) is 5.13 Å². The van der Waals surface area contributed by atoms with E-state index in [1.165, 1.54) is 0 Å². The Kier molecular flexibility index (Phi) is 4.78. The number of aromatic nitrogens is 1. The SMILES string of the molecule is CCN(CC)c1ncc(/C=C/C(C)O)s1.